The van der Waals surface area contributed by atoms with Gasteiger partial charge in [-0.2, -0.15) is 0 Å². The molecule has 2 aromatic rings. The van der Waals surface area contributed by atoms with Crippen molar-refractivity contribution in [3.8, 4) is 0 Å². The highest BCUT2D eigenvalue weighted by Gasteiger charge is 2.09. The summed E-state index contributed by atoms with van der Waals surface area (Å²) in [4.78, 5) is 0. The Morgan fingerprint density at radius 3 is 2.24 bits per heavy atom. The van der Waals surface area contributed by atoms with Crippen LogP contribution >= 0.6 is 11.6 Å². The first-order valence-electron chi connectivity index (χ1n) is 5.35. The van der Waals surface area contributed by atoms with Crippen molar-refractivity contribution in [2.45, 2.75) is 13.0 Å². The Morgan fingerprint density at radius 2 is 1.65 bits per heavy atom. The molecule has 0 aliphatic rings. The van der Waals surface area contributed by atoms with Crippen LogP contribution in [0.25, 0.3) is 0 Å². The zero-order chi connectivity index (χ0) is 12.4. The Labute approximate surface area is 105 Å². The molecule has 1 nitrogen and oxygen atoms in total. The van der Waals surface area contributed by atoms with E-state index in [1.165, 1.54) is 12.1 Å². The fraction of sp³-hybridized carbons (Fsp3) is 0.143. The summed E-state index contributed by atoms with van der Waals surface area (Å²) in [7, 11) is 0. The second-order valence-electron chi connectivity index (χ2n) is 4.04. The summed E-state index contributed by atoms with van der Waals surface area (Å²) in [6.45, 7) is 1.93. The number of rotatable bonds is 2. The summed E-state index contributed by atoms with van der Waals surface area (Å²) in [6, 6.07) is 11.6. The molecule has 1 unspecified atom stereocenters. The van der Waals surface area contributed by atoms with Crippen molar-refractivity contribution in [3.63, 3.8) is 0 Å². The Kier molecular flexibility index (Phi) is 3.46. The molecule has 1 atom stereocenters. The maximum atomic E-state index is 12.8. The second-order valence-corrected chi connectivity index (χ2v) is 4.45. The van der Waals surface area contributed by atoms with Crippen LogP contribution in [0.5, 0.6) is 0 Å². The minimum Gasteiger partial charge on any atom is -0.320 e. The molecule has 0 spiro atoms. The monoisotopic (exact) mass is 249 g/mol. The molecule has 0 saturated heterocycles. The summed E-state index contributed by atoms with van der Waals surface area (Å²) in [6.07, 6.45) is 0. The van der Waals surface area contributed by atoms with Crippen molar-refractivity contribution in [1.82, 2.24) is 0 Å². The van der Waals surface area contributed by atoms with Gasteiger partial charge in [0.05, 0.1) is 6.04 Å². The maximum absolute atomic E-state index is 12.8. The van der Waals surface area contributed by atoms with E-state index in [0.29, 0.717) is 0 Å². The predicted octanol–water partition coefficient (Wildman–Crippen LogP) is 3.84. The maximum Gasteiger partial charge on any atom is 0.123 e. The number of aryl methyl sites for hydroxylation is 1. The predicted molar refractivity (Wildman–Crippen MR) is 68.6 cm³/mol. The lowest BCUT2D eigenvalue weighted by atomic mass is 9.98. The number of halogens is 2. The van der Waals surface area contributed by atoms with Gasteiger partial charge in [0.15, 0.2) is 0 Å². The third-order valence-corrected chi connectivity index (χ3v) is 3.19. The average molecular weight is 250 g/mol. The van der Waals surface area contributed by atoms with Crippen molar-refractivity contribution in [3.05, 3.63) is 70.0 Å². The fourth-order valence-corrected chi connectivity index (χ4v) is 1.84. The molecular weight excluding hydrogens is 237 g/mol. The lowest BCUT2D eigenvalue weighted by Crippen LogP contribution is -2.11. The summed E-state index contributed by atoms with van der Waals surface area (Å²) >= 11 is 5.96. The van der Waals surface area contributed by atoms with Crippen molar-refractivity contribution in [1.29, 1.82) is 0 Å². The Hall–Kier alpha value is -1.38. The quantitative estimate of drug-likeness (QED) is 0.860. The molecule has 0 saturated carbocycles. The highest BCUT2D eigenvalue weighted by Crippen LogP contribution is 2.24. The van der Waals surface area contributed by atoms with E-state index in [1.807, 2.05) is 25.1 Å². The molecule has 88 valence electrons. The van der Waals surface area contributed by atoms with Gasteiger partial charge >= 0.3 is 0 Å². The first-order chi connectivity index (χ1) is 8.08. The van der Waals surface area contributed by atoms with E-state index in [4.69, 9.17) is 17.3 Å². The Balaban J connectivity index is 2.33. The van der Waals surface area contributed by atoms with E-state index in [1.54, 1.807) is 12.1 Å². The van der Waals surface area contributed by atoms with Gasteiger partial charge in [-0.25, -0.2) is 4.39 Å². The van der Waals surface area contributed by atoms with Crippen molar-refractivity contribution in [2.75, 3.05) is 0 Å². The van der Waals surface area contributed by atoms with Gasteiger partial charge in [-0.3, -0.25) is 0 Å². The zero-order valence-corrected chi connectivity index (χ0v) is 10.2. The summed E-state index contributed by atoms with van der Waals surface area (Å²) in [5.41, 5.74) is 8.96. The topological polar surface area (TPSA) is 26.0 Å². The van der Waals surface area contributed by atoms with Crippen molar-refractivity contribution >= 4 is 11.6 Å². The van der Waals surface area contributed by atoms with E-state index in [9.17, 15) is 4.39 Å². The second kappa shape index (κ2) is 4.86. The Morgan fingerprint density at radius 1 is 1.06 bits per heavy atom. The number of hydrogen-bond acceptors (Lipinski definition) is 1. The molecule has 17 heavy (non-hydrogen) atoms. The third-order valence-electron chi connectivity index (χ3n) is 2.77. The van der Waals surface area contributed by atoms with Gasteiger partial charge in [-0.1, -0.05) is 35.9 Å². The molecule has 2 N–H and O–H groups in total. The minimum absolute atomic E-state index is 0.256. The van der Waals surface area contributed by atoms with Crippen molar-refractivity contribution < 1.29 is 4.39 Å². The molecule has 0 radical (unpaired) electrons. The van der Waals surface area contributed by atoms with Gasteiger partial charge in [0.2, 0.25) is 0 Å². The summed E-state index contributed by atoms with van der Waals surface area (Å²) in [5, 5.41) is 0.722. The van der Waals surface area contributed by atoms with Crippen LogP contribution in [-0.2, 0) is 0 Å². The van der Waals surface area contributed by atoms with E-state index in [-0.39, 0.29) is 11.9 Å². The number of hydrogen-bond donors (Lipinski definition) is 1. The summed E-state index contributed by atoms with van der Waals surface area (Å²) in [5.74, 6) is -0.256. The van der Waals surface area contributed by atoms with Crippen LogP contribution in [0.4, 0.5) is 4.39 Å². The van der Waals surface area contributed by atoms with Gasteiger partial charge in [0.25, 0.3) is 0 Å². The largest absolute Gasteiger partial charge is 0.320 e. The van der Waals surface area contributed by atoms with E-state index in [0.717, 1.165) is 21.7 Å². The molecule has 0 amide bonds. The molecule has 0 aliphatic carbocycles. The van der Waals surface area contributed by atoms with E-state index in [2.05, 4.69) is 0 Å². The molecule has 0 aromatic heterocycles. The SMILES string of the molecule is Cc1cc(C(N)c2ccc(F)cc2)ccc1Cl. The van der Waals surface area contributed by atoms with Crippen LogP contribution in [-0.4, -0.2) is 0 Å². The van der Waals surface area contributed by atoms with Crippen LogP contribution in [0, 0.1) is 12.7 Å². The van der Waals surface area contributed by atoms with Gasteiger partial charge in [-0.05, 0) is 41.8 Å². The molecule has 0 heterocycles. The first kappa shape index (κ1) is 12.1. The normalized spacial score (nSPS) is 12.5. The van der Waals surface area contributed by atoms with Crippen LogP contribution in [0.3, 0.4) is 0 Å². The average Bonchev–Trinajstić information content (AvgIpc) is 2.33. The molecule has 2 aromatic carbocycles. The molecule has 0 aliphatic heterocycles. The van der Waals surface area contributed by atoms with E-state index >= 15 is 0 Å². The van der Waals surface area contributed by atoms with Crippen LogP contribution in [0.15, 0.2) is 42.5 Å². The minimum atomic E-state index is -0.258. The van der Waals surface area contributed by atoms with Gasteiger partial charge < -0.3 is 5.73 Å². The summed E-state index contributed by atoms with van der Waals surface area (Å²) < 4.78 is 12.8. The zero-order valence-electron chi connectivity index (χ0n) is 9.45. The van der Waals surface area contributed by atoms with Crippen LogP contribution in [0.1, 0.15) is 22.7 Å². The fourth-order valence-electron chi connectivity index (χ4n) is 1.72. The molecule has 3 heteroatoms. The van der Waals surface area contributed by atoms with Crippen LogP contribution in [0.2, 0.25) is 5.02 Å². The number of nitrogens with two attached hydrogens (primary N) is 1. The third kappa shape index (κ3) is 2.65. The molecular formula is C14H13ClFN. The first-order valence-corrected chi connectivity index (χ1v) is 5.73. The van der Waals surface area contributed by atoms with Crippen molar-refractivity contribution in [2.24, 2.45) is 5.73 Å². The lowest BCUT2D eigenvalue weighted by Gasteiger charge is -2.13. The molecule has 2 rings (SSSR count). The lowest BCUT2D eigenvalue weighted by molar-refractivity contribution is 0.626. The smallest absolute Gasteiger partial charge is 0.123 e. The highest BCUT2D eigenvalue weighted by molar-refractivity contribution is 6.31. The molecule has 0 bridgehead atoms. The van der Waals surface area contributed by atoms with Gasteiger partial charge in [0.1, 0.15) is 5.82 Å². The van der Waals surface area contributed by atoms with Gasteiger partial charge in [-0.15, -0.1) is 0 Å². The molecule has 0 fully saturated rings. The van der Waals surface area contributed by atoms with Crippen LogP contribution < -0.4 is 5.73 Å². The Bertz CT molecular complexity index is 522. The van der Waals surface area contributed by atoms with Gasteiger partial charge in [0, 0.05) is 5.02 Å². The standard InChI is InChI=1S/C14H13ClFN/c1-9-8-11(4-7-13(9)15)14(17)10-2-5-12(16)6-3-10/h2-8,14H,17H2,1H3. The number of benzene rings is 2. The highest BCUT2D eigenvalue weighted by atomic mass is 35.5. The van der Waals surface area contributed by atoms with E-state index < -0.39 is 0 Å².